The Morgan fingerprint density at radius 1 is 0.733 bits per heavy atom. The third-order valence-corrected chi connectivity index (χ3v) is 4.95. The third kappa shape index (κ3) is 8.61. The van der Waals surface area contributed by atoms with Gasteiger partial charge in [0, 0.05) is 19.6 Å². The first-order valence-corrected chi connectivity index (χ1v) is 10.2. The van der Waals surface area contributed by atoms with Gasteiger partial charge in [-0.3, -0.25) is 14.4 Å². The number of carbonyl (C=O) groups excluding carboxylic acids is 3. The maximum Gasteiger partial charge on any atom is 0.262 e. The largest absolute Gasteiger partial charge is 0.347 e. The maximum atomic E-state index is 11.9. The molecule has 3 amide bonds. The van der Waals surface area contributed by atoms with Crippen molar-refractivity contribution in [3.05, 3.63) is 68.2 Å². The van der Waals surface area contributed by atoms with Crippen molar-refractivity contribution in [2.24, 2.45) is 0 Å². The van der Waals surface area contributed by atoms with E-state index >= 15 is 0 Å². The Labute approximate surface area is 191 Å². The Balaban J connectivity index is 3.00. The van der Waals surface area contributed by atoms with Crippen LogP contribution in [0.1, 0.15) is 37.5 Å². The van der Waals surface area contributed by atoms with Crippen molar-refractivity contribution in [2.75, 3.05) is 0 Å². The predicted octanol–water partition coefficient (Wildman–Crippen LogP) is 3.76. The van der Waals surface area contributed by atoms with Crippen LogP contribution >= 0.6 is 34.8 Å². The fourth-order valence-electron chi connectivity index (χ4n) is 2.24. The first kappa shape index (κ1) is 25.8. The van der Waals surface area contributed by atoms with Gasteiger partial charge in [-0.1, -0.05) is 65.2 Å². The lowest BCUT2D eigenvalue weighted by atomic mass is 10.0. The van der Waals surface area contributed by atoms with Gasteiger partial charge in [-0.05, 0) is 43.5 Å². The van der Waals surface area contributed by atoms with Crippen molar-refractivity contribution in [1.29, 1.82) is 0 Å². The van der Waals surface area contributed by atoms with E-state index in [1.165, 1.54) is 18.2 Å². The summed E-state index contributed by atoms with van der Waals surface area (Å²) in [6.45, 7) is 5.50. The molecule has 0 unspecified atom stereocenters. The molecule has 0 aliphatic carbocycles. The van der Waals surface area contributed by atoms with Gasteiger partial charge in [-0.2, -0.15) is 0 Å². The fraction of sp³-hybridized carbons (Fsp3) is 0.286. The van der Waals surface area contributed by atoms with Crippen LogP contribution in [-0.4, -0.2) is 17.7 Å². The van der Waals surface area contributed by atoms with Crippen LogP contribution in [0.15, 0.2) is 45.5 Å². The van der Waals surface area contributed by atoms with Crippen molar-refractivity contribution in [3.8, 4) is 0 Å². The summed E-state index contributed by atoms with van der Waals surface area (Å²) in [5, 5.41) is 8.30. The molecular weight excluding hydrogens is 449 g/mol. The Morgan fingerprint density at radius 3 is 1.40 bits per heavy atom. The highest BCUT2D eigenvalue weighted by atomic mass is 35.5. The molecule has 0 fully saturated rings. The second-order valence-corrected chi connectivity index (χ2v) is 7.22. The second-order valence-electron chi connectivity index (χ2n) is 6.00. The lowest BCUT2D eigenvalue weighted by Gasteiger charge is -2.12. The van der Waals surface area contributed by atoms with Crippen LogP contribution < -0.4 is 16.0 Å². The van der Waals surface area contributed by atoms with Crippen LogP contribution in [0.4, 0.5) is 0 Å². The molecule has 6 nitrogen and oxygen atoms in total. The molecule has 1 aromatic rings. The van der Waals surface area contributed by atoms with E-state index in [9.17, 15) is 14.4 Å². The molecule has 0 aromatic heterocycles. The summed E-state index contributed by atoms with van der Waals surface area (Å²) in [6, 6.07) is 6.68. The molecule has 3 N–H and O–H groups in total. The van der Waals surface area contributed by atoms with Gasteiger partial charge in [-0.15, -0.1) is 0 Å². The van der Waals surface area contributed by atoms with Crippen molar-refractivity contribution in [1.82, 2.24) is 16.0 Å². The second kappa shape index (κ2) is 13.1. The van der Waals surface area contributed by atoms with E-state index in [4.69, 9.17) is 34.8 Å². The quantitative estimate of drug-likeness (QED) is 0.479. The first-order chi connectivity index (χ1) is 14.2. The van der Waals surface area contributed by atoms with Crippen LogP contribution in [0, 0.1) is 6.07 Å². The van der Waals surface area contributed by atoms with Crippen LogP contribution in [0.5, 0.6) is 0 Å². The minimum atomic E-state index is -0.416. The van der Waals surface area contributed by atoms with Crippen molar-refractivity contribution >= 4 is 52.5 Å². The summed E-state index contributed by atoms with van der Waals surface area (Å²) in [5.74, 6) is -1.24. The maximum absolute atomic E-state index is 11.9. The smallest absolute Gasteiger partial charge is 0.262 e. The summed E-state index contributed by atoms with van der Waals surface area (Å²) in [5.41, 5.74) is 2.04. The highest BCUT2D eigenvalue weighted by molar-refractivity contribution is 6.42. The molecule has 0 saturated carbocycles. The summed E-state index contributed by atoms with van der Waals surface area (Å²) < 4.78 is 0. The van der Waals surface area contributed by atoms with E-state index in [2.05, 4.69) is 22.0 Å². The number of nitrogens with one attached hydrogen (secondary N) is 3. The molecule has 0 heterocycles. The van der Waals surface area contributed by atoms with E-state index in [0.717, 1.165) is 5.56 Å². The molecule has 0 bridgehead atoms. The first-order valence-electron chi connectivity index (χ1n) is 9.05. The van der Waals surface area contributed by atoms with E-state index in [1.807, 2.05) is 0 Å². The average Bonchev–Trinajstić information content (AvgIpc) is 2.77. The molecule has 9 heteroatoms. The van der Waals surface area contributed by atoms with Crippen molar-refractivity contribution < 1.29 is 14.4 Å². The summed E-state index contributed by atoms with van der Waals surface area (Å²) in [7, 11) is 0. The van der Waals surface area contributed by atoms with Gasteiger partial charge in [0.15, 0.2) is 0 Å². The molecule has 1 rings (SSSR count). The monoisotopic (exact) mass is 470 g/mol. The van der Waals surface area contributed by atoms with Gasteiger partial charge in [-0.25, -0.2) is 0 Å². The summed E-state index contributed by atoms with van der Waals surface area (Å²) in [6.07, 6.45) is 4.47. The lowest BCUT2D eigenvalue weighted by molar-refractivity contribution is -0.117. The molecule has 1 radical (unpaired) electrons. The number of benzene rings is 1. The molecule has 0 saturated heterocycles. The number of hydrogen-bond donors (Lipinski definition) is 3. The predicted molar refractivity (Wildman–Crippen MR) is 120 cm³/mol. The van der Waals surface area contributed by atoms with Crippen LogP contribution in [0.3, 0.4) is 0 Å². The van der Waals surface area contributed by atoms with E-state index in [1.54, 1.807) is 32.9 Å². The number of halogens is 3. The molecule has 0 aliphatic heterocycles. The van der Waals surface area contributed by atoms with Gasteiger partial charge in [0.05, 0.1) is 0 Å². The van der Waals surface area contributed by atoms with Crippen molar-refractivity contribution in [3.63, 3.8) is 0 Å². The Bertz CT molecular complexity index is 766. The van der Waals surface area contributed by atoms with Gasteiger partial charge in [0.25, 0.3) is 17.7 Å². The zero-order valence-corrected chi connectivity index (χ0v) is 19.1. The highest BCUT2D eigenvalue weighted by Crippen LogP contribution is 2.12. The van der Waals surface area contributed by atoms with Crippen molar-refractivity contribution in [2.45, 2.75) is 40.4 Å². The van der Waals surface area contributed by atoms with Gasteiger partial charge >= 0.3 is 0 Å². The summed E-state index contributed by atoms with van der Waals surface area (Å²) >= 11 is 17.4. The van der Waals surface area contributed by atoms with Crippen LogP contribution in [0.25, 0.3) is 0 Å². The Kier molecular flexibility index (Phi) is 11.3. The molecule has 30 heavy (non-hydrogen) atoms. The number of carbonyl (C=O) groups is 3. The van der Waals surface area contributed by atoms with E-state index in [0.29, 0.717) is 11.1 Å². The number of amides is 3. The lowest BCUT2D eigenvalue weighted by Crippen LogP contribution is -2.25. The molecule has 0 atom stereocenters. The molecule has 161 valence electrons. The minimum absolute atomic E-state index is 0.0768. The Hall–Kier alpha value is -2.28. The molecule has 1 aromatic carbocycles. The fourth-order valence-corrected chi connectivity index (χ4v) is 2.44. The molecule has 0 aliphatic rings. The average molecular weight is 472 g/mol. The SMILES string of the molecule is CC=C(Cl)C(=O)NCc1[c]c(CNC(=O)C(Cl)=CC)cc(CNC(=O)C(Cl)=CC)c1. The van der Waals surface area contributed by atoms with E-state index < -0.39 is 17.7 Å². The molecule has 0 spiro atoms. The van der Waals surface area contributed by atoms with Crippen LogP contribution in [0.2, 0.25) is 0 Å². The Morgan fingerprint density at radius 2 is 1.07 bits per heavy atom. The topological polar surface area (TPSA) is 87.3 Å². The zero-order chi connectivity index (χ0) is 22.7. The normalized spacial score (nSPS) is 12.4. The van der Waals surface area contributed by atoms with Gasteiger partial charge in [0.1, 0.15) is 15.1 Å². The number of allylic oxidation sites excluding steroid dienone is 3. The minimum Gasteiger partial charge on any atom is -0.347 e. The zero-order valence-electron chi connectivity index (χ0n) is 16.9. The standard InChI is InChI=1S/C21H23Cl3N3O3/c1-4-16(22)19(28)25-10-13-7-14(11-26-20(29)17(23)5-2)9-15(8-13)12-27-21(30)18(24)6-3/h4-8H,10-12H2,1-3H3,(H,25,28)(H,26,29)(H,27,30). The van der Waals surface area contributed by atoms with E-state index in [-0.39, 0.29) is 34.7 Å². The highest BCUT2D eigenvalue weighted by Gasteiger charge is 2.10. The third-order valence-electron chi connectivity index (χ3n) is 3.78. The summed E-state index contributed by atoms with van der Waals surface area (Å²) in [4.78, 5) is 35.7. The number of hydrogen-bond acceptors (Lipinski definition) is 3. The number of rotatable bonds is 9. The van der Waals surface area contributed by atoms with Gasteiger partial charge < -0.3 is 16.0 Å². The van der Waals surface area contributed by atoms with Crippen LogP contribution in [-0.2, 0) is 34.0 Å². The molecular formula is C21H23Cl3N3O3. The van der Waals surface area contributed by atoms with Gasteiger partial charge in [0.2, 0.25) is 0 Å².